The summed E-state index contributed by atoms with van der Waals surface area (Å²) < 4.78 is 10.3. The van der Waals surface area contributed by atoms with Crippen LogP contribution < -0.4 is 14.8 Å². The van der Waals surface area contributed by atoms with Crippen molar-refractivity contribution in [1.29, 1.82) is 0 Å². The maximum Gasteiger partial charge on any atom is 0.289 e. The number of carbonyl (C=O) groups is 1. The van der Waals surface area contributed by atoms with E-state index in [-0.39, 0.29) is 16.5 Å². The van der Waals surface area contributed by atoms with E-state index in [0.717, 1.165) is 0 Å². The van der Waals surface area contributed by atoms with Crippen LogP contribution in [0, 0.1) is 10.1 Å². The van der Waals surface area contributed by atoms with Crippen LogP contribution >= 0.6 is 11.6 Å². The number of ketones is 1. The Hall–Kier alpha value is -3.06. The van der Waals surface area contributed by atoms with E-state index in [1.54, 1.807) is 24.3 Å². The number of nitrogens with zero attached hydrogens (tertiary/aromatic N) is 1. The molecule has 0 aliphatic rings. The molecule has 0 aromatic heterocycles. The zero-order valence-corrected chi connectivity index (χ0v) is 14.2. The number of methoxy groups -OCH3 is 2. The minimum Gasteiger partial charge on any atom is -0.493 e. The Kier molecular flexibility index (Phi) is 5.97. The lowest BCUT2D eigenvalue weighted by molar-refractivity contribution is -0.384. The second-order valence-corrected chi connectivity index (χ2v) is 5.24. The van der Waals surface area contributed by atoms with Crippen molar-refractivity contribution in [2.75, 3.05) is 19.5 Å². The molecule has 0 aliphatic carbocycles. The average molecular weight is 363 g/mol. The molecule has 130 valence electrons. The summed E-state index contributed by atoms with van der Waals surface area (Å²) in [6, 6.07) is 9.08. The second kappa shape index (κ2) is 8.16. The van der Waals surface area contributed by atoms with Crippen LogP contribution in [0.5, 0.6) is 11.5 Å². The smallest absolute Gasteiger partial charge is 0.289 e. The molecule has 0 heterocycles. The Morgan fingerprint density at radius 1 is 1.16 bits per heavy atom. The van der Waals surface area contributed by atoms with E-state index >= 15 is 0 Å². The van der Waals surface area contributed by atoms with Gasteiger partial charge in [0.1, 0.15) is 5.02 Å². The average Bonchev–Trinajstić information content (AvgIpc) is 2.62. The molecule has 0 fully saturated rings. The van der Waals surface area contributed by atoms with Crippen LogP contribution in [0.15, 0.2) is 48.7 Å². The fourth-order valence-corrected chi connectivity index (χ4v) is 2.23. The topological polar surface area (TPSA) is 90.7 Å². The molecule has 0 spiro atoms. The second-order valence-electron chi connectivity index (χ2n) is 4.83. The Bertz CT molecular complexity index is 836. The molecule has 0 amide bonds. The van der Waals surface area contributed by atoms with E-state index in [0.29, 0.717) is 22.7 Å². The summed E-state index contributed by atoms with van der Waals surface area (Å²) in [6.07, 6.45) is 2.70. The lowest BCUT2D eigenvalue weighted by Gasteiger charge is -2.08. The predicted molar refractivity (Wildman–Crippen MR) is 94.7 cm³/mol. The van der Waals surface area contributed by atoms with Gasteiger partial charge in [0.2, 0.25) is 0 Å². The molecule has 0 bridgehead atoms. The number of rotatable bonds is 7. The molecule has 25 heavy (non-hydrogen) atoms. The molecule has 7 nitrogen and oxygen atoms in total. The number of nitro benzene ring substituents is 1. The maximum absolute atomic E-state index is 12.2. The molecule has 0 saturated heterocycles. The van der Waals surface area contributed by atoms with Gasteiger partial charge < -0.3 is 14.8 Å². The van der Waals surface area contributed by atoms with Crippen LogP contribution in [0.1, 0.15) is 10.4 Å². The molecule has 0 saturated carbocycles. The molecule has 1 N–H and O–H groups in total. The van der Waals surface area contributed by atoms with Crippen LogP contribution in [-0.4, -0.2) is 24.9 Å². The maximum atomic E-state index is 12.2. The standard InChI is InChI=1S/C17H15ClN2O5/c1-24-16-6-3-11(9-17(16)25-2)15(21)7-8-19-12-4-5-13(18)14(10-12)20(22)23/h3-10,19H,1-2H3. The lowest BCUT2D eigenvalue weighted by Crippen LogP contribution is -1.99. The first kappa shape index (κ1) is 18.3. The fourth-order valence-electron chi connectivity index (χ4n) is 2.04. The van der Waals surface area contributed by atoms with Gasteiger partial charge in [0.05, 0.1) is 19.1 Å². The lowest BCUT2D eigenvalue weighted by atomic mass is 10.1. The van der Waals surface area contributed by atoms with Crippen LogP contribution in [-0.2, 0) is 0 Å². The SMILES string of the molecule is COc1ccc(C(=O)C=CNc2ccc(Cl)c([N+](=O)[O-])c2)cc1OC. The summed E-state index contributed by atoms with van der Waals surface area (Å²) in [5.74, 6) is 0.703. The Morgan fingerprint density at radius 2 is 1.88 bits per heavy atom. The minimum atomic E-state index is -0.577. The third-order valence-electron chi connectivity index (χ3n) is 3.30. The third-order valence-corrected chi connectivity index (χ3v) is 3.62. The third kappa shape index (κ3) is 4.48. The molecule has 0 unspecified atom stereocenters. The van der Waals surface area contributed by atoms with Gasteiger partial charge in [-0.15, -0.1) is 0 Å². The highest BCUT2D eigenvalue weighted by Crippen LogP contribution is 2.28. The normalized spacial score (nSPS) is 10.5. The van der Waals surface area contributed by atoms with Gasteiger partial charge in [-0.3, -0.25) is 14.9 Å². The first-order chi connectivity index (χ1) is 12.0. The van der Waals surface area contributed by atoms with Crippen molar-refractivity contribution in [3.63, 3.8) is 0 Å². The molecule has 0 aliphatic heterocycles. The van der Waals surface area contributed by atoms with Crippen molar-refractivity contribution >= 4 is 28.8 Å². The van der Waals surface area contributed by atoms with Crippen LogP contribution in [0.3, 0.4) is 0 Å². The molecule has 0 radical (unpaired) electrons. The van der Waals surface area contributed by atoms with Crippen LogP contribution in [0.25, 0.3) is 0 Å². The predicted octanol–water partition coefficient (Wildman–Crippen LogP) is 4.07. The van der Waals surface area contributed by atoms with E-state index in [9.17, 15) is 14.9 Å². The van der Waals surface area contributed by atoms with Gasteiger partial charge in [0.15, 0.2) is 17.3 Å². The molecule has 8 heteroatoms. The van der Waals surface area contributed by atoms with Crippen LogP contribution in [0.4, 0.5) is 11.4 Å². The number of ether oxygens (including phenoxy) is 2. The van der Waals surface area contributed by atoms with E-state index < -0.39 is 4.92 Å². The molecule has 2 rings (SSSR count). The van der Waals surface area contributed by atoms with Gasteiger partial charge in [0.25, 0.3) is 5.69 Å². The van der Waals surface area contributed by atoms with Crippen molar-refractivity contribution in [2.45, 2.75) is 0 Å². The van der Waals surface area contributed by atoms with Gasteiger partial charge in [-0.25, -0.2) is 0 Å². The van der Waals surface area contributed by atoms with Crippen molar-refractivity contribution in [3.05, 3.63) is 69.4 Å². The highest BCUT2D eigenvalue weighted by Gasteiger charge is 2.12. The van der Waals surface area contributed by atoms with E-state index in [1.807, 2.05) is 0 Å². The van der Waals surface area contributed by atoms with E-state index in [2.05, 4.69) is 5.32 Å². The number of benzene rings is 2. The number of nitro groups is 1. The van der Waals surface area contributed by atoms with Gasteiger partial charge in [0, 0.05) is 29.6 Å². The number of nitrogens with one attached hydrogen (secondary N) is 1. The first-order valence-electron chi connectivity index (χ1n) is 7.09. The van der Waals surface area contributed by atoms with Gasteiger partial charge in [-0.1, -0.05) is 11.6 Å². The molecule has 0 atom stereocenters. The number of hydrogen-bond acceptors (Lipinski definition) is 6. The van der Waals surface area contributed by atoms with Crippen molar-refractivity contribution in [1.82, 2.24) is 0 Å². The molecular weight excluding hydrogens is 348 g/mol. The zero-order chi connectivity index (χ0) is 18.4. The number of carbonyl (C=O) groups excluding carboxylic acids is 1. The summed E-state index contributed by atoms with van der Waals surface area (Å²) in [6.45, 7) is 0. The summed E-state index contributed by atoms with van der Waals surface area (Å²) in [5.41, 5.74) is 0.636. The summed E-state index contributed by atoms with van der Waals surface area (Å²) in [7, 11) is 2.99. The Morgan fingerprint density at radius 3 is 2.52 bits per heavy atom. The van der Waals surface area contributed by atoms with Crippen LogP contribution in [0.2, 0.25) is 5.02 Å². The number of allylic oxidation sites excluding steroid dienone is 1. The van der Waals surface area contributed by atoms with Crippen molar-refractivity contribution in [3.8, 4) is 11.5 Å². The Labute approximate surface area is 149 Å². The van der Waals surface area contributed by atoms with Crippen molar-refractivity contribution < 1.29 is 19.2 Å². The monoisotopic (exact) mass is 362 g/mol. The Balaban J connectivity index is 2.11. The van der Waals surface area contributed by atoms with Gasteiger partial charge >= 0.3 is 0 Å². The fraction of sp³-hybridized carbons (Fsp3) is 0.118. The summed E-state index contributed by atoms with van der Waals surface area (Å²) in [4.78, 5) is 22.5. The minimum absolute atomic E-state index is 0.0425. The van der Waals surface area contributed by atoms with E-state index in [4.69, 9.17) is 21.1 Å². The number of halogens is 1. The zero-order valence-electron chi connectivity index (χ0n) is 13.5. The molecular formula is C17H15ClN2O5. The van der Waals surface area contributed by atoms with Gasteiger partial charge in [-0.05, 0) is 30.3 Å². The highest BCUT2D eigenvalue weighted by atomic mass is 35.5. The summed E-state index contributed by atoms with van der Waals surface area (Å²) in [5, 5.41) is 13.7. The number of hydrogen-bond donors (Lipinski definition) is 1. The molecule has 2 aromatic rings. The highest BCUT2D eigenvalue weighted by molar-refractivity contribution is 6.32. The first-order valence-corrected chi connectivity index (χ1v) is 7.47. The van der Waals surface area contributed by atoms with E-state index in [1.165, 1.54) is 38.6 Å². The number of anilines is 1. The molecule has 2 aromatic carbocycles. The van der Waals surface area contributed by atoms with Gasteiger partial charge in [-0.2, -0.15) is 0 Å². The largest absolute Gasteiger partial charge is 0.493 e. The summed E-state index contributed by atoms with van der Waals surface area (Å²) >= 11 is 5.75. The van der Waals surface area contributed by atoms with Crippen molar-refractivity contribution in [2.24, 2.45) is 0 Å². The quantitative estimate of drug-likeness (QED) is 0.345.